The van der Waals surface area contributed by atoms with E-state index in [1.54, 1.807) is 29.2 Å². The zero-order valence-electron chi connectivity index (χ0n) is 12.1. The average Bonchev–Trinajstić information content (AvgIpc) is 2.99. The highest BCUT2D eigenvalue weighted by atomic mass is 16.2. The van der Waals surface area contributed by atoms with E-state index in [1.165, 1.54) is 5.56 Å². The van der Waals surface area contributed by atoms with Crippen LogP contribution >= 0.6 is 0 Å². The first-order chi connectivity index (χ1) is 10.7. The molecule has 22 heavy (non-hydrogen) atoms. The molecule has 5 nitrogen and oxygen atoms in total. The van der Waals surface area contributed by atoms with Crippen LogP contribution in [0.15, 0.2) is 48.5 Å². The average molecular weight is 295 g/mol. The smallest absolute Gasteiger partial charge is 0.258 e. The summed E-state index contributed by atoms with van der Waals surface area (Å²) in [5, 5.41) is 2.65. The maximum absolute atomic E-state index is 12.6. The number of nitrogens with one attached hydrogen (secondary N) is 1. The van der Waals surface area contributed by atoms with Crippen molar-refractivity contribution < 1.29 is 9.59 Å². The van der Waals surface area contributed by atoms with Crippen LogP contribution in [0.3, 0.4) is 0 Å². The molecule has 0 atom stereocenters. The van der Waals surface area contributed by atoms with Crippen LogP contribution in [-0.4, -0.2) is 24.9 Å². The van der Waals surface area contributed by atoms with E-state index in [1.807, 2.05) is 24.3 Å². The van der Waals surface area contributed by atoms with Gasteiger partial charge < -0.3 is 16.0 Å². The number of nitrogens with zero attached hydrogens (tertiary/aromatic N) is 1. The van der Waals surface area contributed by atoms with Gasteiger partial charge in [-0.2, -0.15) is 0 Å². The Hall–Kier alpha value is -2.66. The highest BCUT2D eigenvalue weighted by Gasteiger charge is 2.24. The van der Waals surface area contributed by atoms with Crippen LogP contribution in [0.5, 0.6) is 0 Å². The fourth-order valence-corrected chi connectivity index (χ4v) is 2.61. The summed E-state index contributed by atoms with van der Waals surface area (Å²) in [4.78, 5) is 25.6. The zero-order valence-corrected chi connectivity index (χ0v) is 12.1. The molecule has 5 heteroatoms. The molecule has 0 aliphatic carbocycles. The number of carbonyl (C=O) groups excluding carboxylic acids is 2. The molecule has 1 heterocycles. The molecule has 0 unspecified atom stereocenters. The fourth-order valence-electron chi connectivity index (χ4n) is 2.61. The molecule has 0 fully saturated rings. The summed E-state index contributed by atoms with van der Waals surface area (Å²) in [5.41, 5.74) is 8.66. The minimum atomic E-state index is -0.257. The second kappa shape index (κ2) is 5.99. The molecule has 0 saturated heterocycles. The summed E-state index contributed by atoms with van der Waals surface area (Å²) in [6.45, 7) is 0.634. The number of carbonyl (C=O) groups is 2. The van der Waals surface area contributed by atoms with Crippen LogP contribution < -0.4 is 16.0 Å². The third kappa shape index (κ3) is 2.71. The van der Waals surface area contributed by atoms with Gasteiger partial charge in [-0.05, 0) is 42.3 Å². The first-order valence-electron chi connectivity index (χ1n) is 7.19. The molecule has 0 spiro atoms. The van der Waals surface area contributed by atoms with Gasteiger partial charge in [0.15, 0.2) is 0 Å². The molecule has 1 aliphatic heterocycles. The Balaban J connectivity index is 1.77. The van der Waals surface area contributed by atoms with Crippen molar-refractivity contribution in [3.05, 3.63) is 59.7 Å². The van der Waals surface area contributed by atoms with Crippen LogP contribution in [0.2, 0.25) is 0 Å². The molecule has 0 radical (unpaired) electrons. The predicted molar refractivity (Wildman–Crippen MR) is 85.9 cm³/mol. The summed E-state index contributed by atoms with van der Waals surface area (Å²) in [6.07, 6.45) is 0.882. The van der Waals surface area contributed by atoms with E-state index in [9.17, 15) is 9.59 Å². The number of nitrogens with two attached hydrogens (primary N) is 1. The number of hydrogen-bond donors (Lipinski definition) is 2. The van der Waals surface area contributed by atoms with Crippen molar-refractivity contribution in [2.45, 2.75) is 6.42 Å². The van der Waals surface area contributed by atoms with Crippen LogP contribution in [0.1, 0.15) is 15.9 Å². The molecular formula is C17H17N3O2. The SMILES string of the molecule is NCC(=O)Nc1ccc(C(=O)N2CCc3ccccc32)cc1. The highest BCUT2D eigenvalue weighted by Crippen LogP contribution is 2.28. The minimum Gasteiger partial charge on any atom is -0.325 e. The van der Waals surface area contributed by atoms with Crippen molar-refractivity contribution >= 4 is 23.2 Å². The normalized spacial score (nSPS) is 12.9. The van der Waals surface area contributed by atoms with E-state index < -0.39 is 0 Å². The highest BCUT2D eigenvalue weighted by molar-refractivity contribution is 6.07. The number of amides is 2. The van der Waals surface area contributed by atoms with Gasteiger partial charge in [0.05, 0.1) is 6.54 Å². The van der Waals surface area contributed by atoms with Crippen molar-refractivity contribution in [1.29, 1.82) is 0 Å². The molecule has 0 aromatic heterocycles. The van der Waals surface area contributed by atoms with Gasteiger partial charge in [-0.25, -0.2) is 0 Å². The molecule has 2 amide bonds. The van der Waals surface area contributed by atoms with Gasteiger partial charge in [0.2, 0.25) is 5.91 Å². The van der Waals surface area contributed by atoms with Gasteiger partial charge in [-0.1, -0.05) is 18.2 Å². The zero-order chi connectivity index (χ0) is 15.5. The molecule has 2 aromatic rings. The lowest BCUT2D eigenvalue weighted by molar-refractivity contribution is -0.114. The van der Waals surface area contributed by atoms with Gasteiger partial charge in [0.25, 0.3) is 5.91 Å². The van der Waals surface area contributed by atoms with Crippen molar-refractivity contribution in [2.24, 2.45) is 5.73 Å². The summed E-state index contributed by atoms with van der Waals surface area (Å²) < 4.78 is 0. The minimum absolute atomic E-state index is 0.0262. The third-order valence-electron chi connectivity index (χ3n) is 3.73. The van der Waals surface area contributed by atoms with Gasteiger partial charge in [0.1, 0.15) is 0 Å². The summed E-state index contributed by atoms with van der Waals surface area (Å²) in [6, 6.07) is 14.8. The van der Waals surface area contributed by atoms with E-state index in [4.69, 9.17) is 5.73 Å². The second-order valence-corrected chi connectivity index (χ2v) is 5.17. The largest absolute Gasteiger partial charge is 0.325 e. The van der Waals surface area contributed by atoms with Gasteiger partial charge in [0, 0.05) is 23.5 Å². The lowest BCUT2D eigenvalue weighted by atomic mass is 10.1. The van der Waals surface area contributed by atoms with Crippen molar-refractivity contribution in [3.8, 4) is 0 Å². The monoisotopic (exact) mass is 295 g/mol. The molecule has 3 N–H and O–H groups in total. The molecular weight excluding hydrogens is 278 g/mol. The van der Waals surface area contributed by atoms with Gasteiger partial charge in [-0.3, -0.25) is 9.59 Å². The Morgan fingerprint density at radius 2 is 1.82 bits per heavy atom. The first-order valence-corrected chi connectivity index (χ1v) is 7.19. The number of para-hydroxylation sites is 1. The van der Waals surface area contributed by atoms with E-state index in [-0.39, 0.29) is 18.4 Å². The Morgan fingerprint density at radius 3 is 2.55 bits per heavy atom. The lowest BCUT2D eigenvalue weighted by Gasteiger charge is -2.17. The van der Waals surface area contributed by atoms with Crippen LogP contribution in [-0.2, 0) is 11.2 Å². The number of anilines is 2. The molecule has 3 rings (SSSR count). The Morgan fingerprint density at radius 1 is 1.09 bits per heavy atom. The first kappa shape index (κ1) is 14.3. The van der Waals surface area contributed by atoms with E-state index in [0.717, 1.165) is 12.1 Å². The van der Waals surface area contributed by atoms with Gasteiger partial charge in [-0.15, -0.1) is 0 Å². The van der Waals surface area contributed by atoms with E-state index in [2.05, 4.69) is 5.32 Å². The number of benzene rings is 2. The standard InChI is InChI=1S/C17H17N3O2/c18-11-16(21)19-14-7-5-13(6-8-14)17(22)20-10-9-12-3-1-2-4-15(12)20/h1-8H,9-11,18H2,(H,19,21). The molecule has 112 valence electrons. The summed E-state index contributed by atoms with van der Waals surface area (Å²) >= 11 is 0. The Kier molecular flexibility index (Phi) is 3.89. The molecule has 0 bridgehead atoms. The maximum Gasteiger partial charge on any atom is 0.258 e. The maximum atomic E-state index is 12.6. The third-order valence-corrected chi connectivity index (χ3v) is 3.73. The number of hydrogen-bond acceptors (Lipinski definition) is 3. The van der Waals surface area contributed by atoms with Crippen LogP contribution in [0.4, 0.5) is 11.4 Å². The van der Waals surface area contributed by atoms with Crippen molar-refractivity contribution in [3.63, 3.8) is 0 Å². The Labute approximate surface area is 128 Å². The molecule has 2 aromatic carbocycles. The predicted octanol–water partition coefficient (Wildman–Crippen LogP) is 1.79. The van der Waals surface area contributed by atoms with E-state index >= 15 is 0 Å². The summed E-state index contributed by atoms with van der Waals surface area (Å²) in [5.74, 6) is -0.283. The van der Waals surface area contributed by atoms with Crippen LogP contribution in [0.25, 0.3) is 0 Å². The number of fused-ring (bicyclic) bond motifs is 1. The van der Waals surface area contributed by atoms with Crippen molar-refractivity contribution in [2.75, 3.05) is 23.3 Å². The van der Waals surface area contributed by atoms with Gasteiger partial charge >= 0.3 is 0 Å². The quantitative estimate of drug-likeness (QED) is 0.906. The summed E-state index contributed by atoms with van der Waals surface area (Å²) in [7, 11) is 0. The molecule has 1 aliphatic rings. The number of rotatable bonds is 3. The lowest BCUT2D eigenvalue weighted by Crippen LogP contribution is -2.28. The van der Waals surface area contributed by atoms with Crippen molar-refractivity contribution in [1.82, 2.24) is 0 Å². The fraction of sp³-hybridized carbons (Fsp3) is 0.176. The molecule has 0 saturated carbocycles. The van der Waals surface area contributed by atoms with Crippen LogP contribution in [0, 0.1) is 0 Å². The van der Waals surface area contributed by atoms with E-state index in [0.29, 0.717) is 17.8 Å². The Bertz CT molecular complexity index is 710. The second-order valence-electron chi connectivity index (χ2n) is 5.17. The topological polar surface area (TPSA) is 75.4 Å².